The lowest BCUT2D eigenvalue weighted by Crippen LogP contribution is -2.39. The second-order valence-electron chi connectivity index (χ2n) is 13.5. The van der Waals surface area contributed by atoms with E-state index in [1.54, 1.807) is 29.4 Å². The van der Waals surface area contributed by atoms with Crippen molar-refractivity contribution in [2.45, 2.75) is 39.3 Å². The second-order valence-corrected chi connectivity index (χ2v) is 14.4. The Bertz CT molecular complexity index is 2260. The number of thiophene rings is 1. The highest BCUT2D eigenvalue weighted by molar-refractivity contribution is 7.18. The van der Waals surface area contributed by atoms with Crippen molar-refractivity contribution in [2.24, 2.45) is 0 Å². The molecule has 262 valence electrons. The van der Waals surface area contributed by atoms with Gasteiger partial charge in [0.2, 0.25) is 0 Å². The Morgan fingerprint density at radius 1 is 1.06 bits per heavy atom. The first-order valence-electron chi connectivity index (χ1n) is 16.9. The molecule has 0 fully saturated rings. The van der Waals surface area contributed by atoms with Gasteiger partial charge < -0.3 is 29.4 Å². The van der Waals surface area contributed by atoms with Crippen LogP contribution in [-0.2, 0) is 22.4 Å². The molecule has 0 atom stereocenters. The number of aromatic nitrogens is 3. The Hall–Kier alpha value is -5.26. The zero-order valence-electron chi connectivity index (χ0n) is 29.1. The predicted octanol–water partition coefficient (Wildman–Crippen LogP) is 9.23. The van der Waals surface area contributed by atoms with Crippen molar-refractivity contribution in [3.05, 3.63) is 95.6 Å². The number of rotatable bonds is 10. The van der Waals surface area contributed by atoms with Crippen LogP contribution in [-0.4, -0.2) is 65.0 Å². The SMILES string of the molecule is C=CCNc1ccc2nc(-c3nc(-c4ccc5c(c4)CCN(C(=O)OC(C)(C)C)C5)c4ccsc4c3-c3ccc(F)cc3OCCOC)[nH]c2c1. The van der Waals surface area contributed by atoms with E-state index in [0.29, 0.717) is 55.5 Å². The molecule has 2 N–H and O–H groups in total. The van der Waals surface area contributed by atoms with Crippen molar-refractivity contribution in [2.75, 3.05) is 38.7 Å². The van der Waals surface area contributed by atoms with Crippen LogP contribution in [0.25, 0.3) is 55.0 Å². The first-order chi connectivity index (χ1) is 24.6. The summed E-state index contributed by atoms with van der Waals surface area (Å²) in [5, 5.41) is 6.34. The number of hydrogen-bond donors (Lipinski definition) is 2. The summed E-state index contributed by atoms with van der Waals surface area (Å²) in [6.45, 7) is 11.7. The van der Waals surface area contributed by atoms with Crippen molar-refractivity contribution in [3.8, 4) is 39.7 Å². The molecule has 7 rings (SSSR count). The lowest BCUT2D eigenvalue weighted by atomic mass is 9.94. The van der Waals surface area contributed by atoms with E-state index >= 15 is 0 Å². The molecule has 6 aromatic rings. The standard InChI is InChI=1S/C40H40FN5O4S/c1-6-15-42-28-10-12-31-32(22-28)44-38(43-31)36-34(29-11-9-27(41)21-33(29)49-18-17-48-5)37-30(14-19-51-37)35(45-36)25-7-8-26-23-46(16-13-24(26)20-25)39(47)50-40(2,3)4/h6-12,14,19-22,42H,1,13,15-18,23H2,2-5H3,(H,43,44). The van der Waals surface area contributed by atoms with E-state index in [4.69, 9.17) is 24.2 Å². The first kappa shape index (κ1) is 34.2. The molecule has 3 aromatic carbocycles. The summed E-state index contributed by atoms with van der Waals surface area (Å²) in [6, 6.07) is 18.9. The van der Waals surface area contributed by atoms with Crippen LogP contribution >= 0.6 is 11.3 Å². The van der Waals surface area contributed by atoms with E-state index in [-0.39, 0.29) is 12.7 Å². The Morgan fingerprint density at radius 3 is 2.73 bits per heavy atom. The largest absolute Gasteiger partial charge is 0.490 e. The van der Waals surface area contributed by atoms with Gasteiger partial charge in [0.05, 0.1) is 23.3 Å². The fourth-order valence-corrected chi connectivity index (χ4v) is 7.28. The minimum Gasteiger partial charge on any atom is -0.490 e. The number of H-pyrrole nitrogens is 1. The number of ether oxygens (including phenoxy) is 3. The molecule has 3 aromatic heterocycles. The van der Waals surface area contributed by atoms with Gasteiger partial charge in [-0.1, -0.05) is 18.2 Å². The number of amides is 1. The zero-order chi connectivity index (χ0) is 35.7. The Balaban J connectivity index is 1.37. The molecule has 51 heavy (non-hydrogen) atoms. The molecular formula is C40H40FN5O4S. The van der Waals surface area contributed by atoms with Gasteiger partial charge in [-0.2, -0.15) is 0 Å². The number of nitrogens with one attached hydrogen (secondary N) is 2. The molecule has 0 radical (unpaired) electrons. The lowest BCUT2D eigenvalue weighted by molar-refractivity contribution is 0.0224. The molecule has 0 saturated heterocycles. The highest BCUT2D eigenvalue weighted by atomic mass is 32.1. The summed E-state index contributed by atoms with van der Waals surface area (Å²) in [5.41, 5.74) is 8.14. The molecule has 0 saturated carbocycles. The van der Waals surface area contributed by atoms with Crippen molar-refractivity contribution < 1.29 is 23.4 Å². The average molecular weight is 706 g/mol. The van der Waals surface area contributed by atoms with Crippen molar-refractivity contribution in [1.82, 2.24) is 19.9 Å². The molecule has 4 heterocycles. The van der Waals surface area contributed by atoms with Crippen LogP contribution in [0.15, 0.2) is 78.7 Å². The maximum atomic E-state index is 14.7. The Kier molecular flexibility index (Phi) is 9.50. The van der Waals surface area contributed by atoms with Gasteiger partial charge in [0.15, 0.2) is 5.82 Å². The third kappa shape index (κ3) is 7.17. The van der Waals surface area contributed by atoms with Gasteiger partial charge >= 0.3 is 6.09 Å². The fourth-order valence-electron chi connectivity index (χ4n) is 6.33. The number of aromatic amines is 1. The average Bonchev–Trinajstić information content (AvgIpc) is 3.77. The van der Waals surface area contributed by atoms with Gasteiger partial charge in [-0.05, 0) is 86.2 Å². The third-order valence-electron chi connectivity index (χ3n) is 8.67. The van der Waals surface area contributed by atoms with Gasteiger partial charge in [0.25, 0.3) is 0 Å². The van der Waals surface area contributed by atoms with Crippen molar-refractivity contribution in [3.63, 3.8) is 0 Å². The van der Waals surface area contributed by atoms with Gasteiger partial charge in [0, 0.05) is 65.3 Å². The smallest absolute Gasteiger partial charge is 0.410 e. The quantitative estimate of drug-likeness (QED) is 0.108. The van der Waals surface area contributed by atoms with Gasteiger partial charge in [0.1, 0.15) is 29.5 Å². The van der Waals surface area contributed by atoms with E-state index < -0.39 is 11.4 Å². The minimum absolute atomic E-state index is 0.257. The third-order valence-corrected chi connectivity index (χ3v) is 9.60. The molecule has 0 spiro atoms. The van der Waals surface area contributed by atoms with Crippen LogP contribution in [0.5, 0.6) is 5.75 Å². The number of pyridine rings is 1. The van der Waals surface area contributed by atoms with E-state index in [1.165, 1.54) is 17.7 Å². The zero-order valence-corrected chi connectivity index (χ0v) is 30.0. The van der Waals surface area contributed by atoms with Crippen molar-refractivity contribution in [1.29, 1.82) is 0 Å². The van der Waals surface area contributed by atoms with E-state index in [1.807, 2.05) is 50.4 Å². The number of halogens is 1. The summed E-state index contributed by atoms with van der Waals surface area (Å²) in [5.74, 6) is 0.575. The first-order valence-corrected chi connectivity index (χ1v) is 17.8. The van der Waals surface area contributed by atoms with Crippen LogP contribution in [0.3, 0.4) is 0 Å². The van der Waals surface area contributed by atoms with Gasteiger partial charge in [-0.3, -0.25) is 0 Å². The summed E-state index contributed by atoms with van der Waals surface area (Å²) >= 11 is 1.59. The van der Waals surface area contributed by atoms with Crippen LogP contribution in [0.1, 0.15) is 31.9 Å². The maximum Gasteiger partial charge on any atom is 0.410 e. The number of hydrogen-bond acceptors (Lipinski definition) is 8. The van der Waals surface area contributed by atoms with Gasteiger partial charge in [-0.15, -0.1) is 17.9 Å². The number of carbonyl (C=O) groups is 1. The van der Waals surface area contributed by atoms with Gasteiger partial charge in [-0.25, -0.2) is 19.2 Å². The summed E-state index contributed by atoms with van der Waals surface area (Å²) in [4.78, 5) is 28.5. The highest BCUT2D eigenvalue weighted by Gasteiger charge is 2.28. The molecule has 9 nitrogen and oxygen atoms in total. The molecule has 0 bridgehead atoms. The lowest BCUT2D eigenvalue weighted by Gasteiger charge is -2.31. The minimum atomic E-state index is -0.558. The molecular weight excluding hydrogens is 666 g/mol. The van der Waals surface area contributed by atoms with Crippen LogP contribution < -0.4 is 10.1 Å². The normalized spacial score (nSPS) is 13.0. The highest BCUT2D eigenvalue weighted by Crippen LogP contribution is 2.46. The van der Waals surface area contributed by atoms with E-state index in [2.05, 4.69) is 41.1 Å². The van der Waals surface area contributed by atoms with E-state index in [0.717, 1.165) is 49.2 Å². The maximum absolute atomic E-state index is 14.7. The summed E-state index contributed by atoms with van der Waals surface area (Å²) in [6.07, 6.45) is 2.20. The summed E-state index contributed by atoms with van der Waals surface area (Å²) < 4.78 is 32.6. The number of imidazole rings is 1. The molecule has 1 aliphatic rings. The molecule has 1 amide bonds. The van der Waals surface area contributed by atoms with Crippen LogP contribution in [0.4, 0.5) is 14.9 Å². The number of carbonyl (C=O) groups excluding carboxylic acids is 1. The van der Waals surface area contributed by atoms with Crippen molar-refractivity contribution >= 4 is 44.2 Å². The topological polar surface area (TPSA) is 102 Å². The summed E-state index contributed by atoms with van der Waals surface area (Å²) in [7, 11) is 1.60. The molecule has 0 aliphatic carbocycles. The van der Waals surface area contributed by atoms with Crippen LogP contribution in [0.2, 0.25) is 0 Å². The second kappa shape index (κ2) is 14.2. The Morgan fingerprint density at radius 2 is 1.92 bits per heavy atom. The number of methoxy groups -OCH3 is 1. The number of anilines is 1. The fraction of sp³-hybridized carbons (Fsp3) is 0.275. The number of nitrogens with zero attached hydrogens (tertiary/aromatic N) is 3. The molecule has 1 aliphatic heterocycles. The number of benzene rings is 3. The predicted molar refractivity (Wildman–Crippen MR) is 202 cm³/mol. The Labute approximate surface area is 300 Å². The monoisotopic (exact) mass is 705 g/mol. The van der Waals surface area contributed by atoms with E-state index in [9.17, 15) is 9.18 Å². The number of fused-ring (bicyclic) bond motifs is 3. The molecule has 11 heteroatoms. The van der Waals surface area contributed by atoms with Crippen LogP contribution in [0, 0.1) is 5.82 Å². The molecule has 0 unspecified atom stereocenters.